The molecule has 10 heteroatoms. The summed E-state index contributed by atoms with van der Waals surface area (Å²) in [6.07, 6.45) is 3.72. The van der Waals surface area contributed by atoms with E-state index in [1.54, 1.807) is 36.9 Å². The van der Waals surface area contributed by atoms with Crippen LogP contribution < -0.4 is 14.8 Å². The van der Waals surface area contributed by atoms with Crippen molar-refractivity contribution in [3.05, 3.63) is 66.0 Å². The second kappa shape index (κ2) is 9.30. The molecule has 0 saturated carbocycles. The lowest BCUT2D eigenvalue weighted by Crippen LogP contribution is -2.15. The van der Waals surface area contributed by atoms with Gasteiger partial charge in [0.2, 0.25) is 5.91 Å². The number of carbonyl (C=O) groups excluding carboxylic acids is 1. The Balaban J connectivity index is 1.36. The van der Waals surface area contributed by atoms with Crippen molar-refractivity contribution in [3.63, 3.8) is 0 Å². The number of aryl methyl sites for hydroxylation is 2. The molecule has 0 spiro atoms. The fourth-order valence-electron chi connectivity index (χ4n) is 3.85. The normalized spacial score (nSPS) is 11.2. The van der Waals surface area contributed by atoms with Crippen molar-refractivity contribution in [2.45, 2.75) is 19.0 Å². The second-order valence-electron chi connectivity index (χ2n) is 8.06. The lowest BCUT2D eigenvalue weighted by atomic mass is 10.0. The number of aromatic nitrogens is 5. The third-order valence-electron chi connectivity index (χ3n) is 5.67. The highest BCUT2D eigenvalue weighted by atomic mass is 32.2. The van der Waals surface area contributed by atoms with Gasteiger partial charge in [0.15, 0.2) is 10.8 Å². The largest absolute Gasteiger partial charge is 0.497 e. The number of thioether (sulfide) groups is 1. The summed E-state index contributed by atoms with van der Waals surface area (Å²) < 4.78 is 14.2. The molecule has 1 amide bonds. The minimum Gasteiger partial charge on any atom is -0.497 e. The number of fused-ring (bicyclic) bond motifs is 3. The summed E-state index contributed by atoms with van der Waals surface area (Å²) >= 11 is 1.30. The van der Waals surface area contributed by atoms with E-state index in [-0.39, 0.29) is 11.7 Å². The first kappa shape index (κ1) is 22.7. The first-order valence-electron chi connectivity index (χ1n) is 10.9. The molecule has 0 aliphatic heterocycles. The van der Waals surface area contributed by atoms with E-state index in [1.165, 1.54) is 17.3 Å². The first-order valence-corrected chi connectivity index (χ1v) is 11.9. The SMILES string of the molecule is COc1ccc(NC(=O)CSc2nnc3c4cc(-c5cc(C)ccc5C)nn4ccn23)c(OC)c1. The minimum atomic E-state index is -0.183. The maximum Gasteiger partial charge on any atom is 0.234 e. The van der Waals surface area contributed by atoms with Gasteiger partial charge in [0, 0.05) is 24.0 Å². The smallest absolute Gasteiger partial charge is 0.234 e. The third-order valence-corrected chi connectivity index (χ3v) is 6.61. The van der Waals surface area contributed by atoms with Gasteiger partial charge in [0.05, 0.1) is 31.4 Å². The molecule has 0 radical (unpaired) electrons. The van der Waals surface area contributed by atoms with Gasteiger partial charge in [-0.05, 0) is 43.7 Å². The first-order chi connectivity index (χ1) is 17.0. The van der Waals surface area contributed by atoms with Crippen LogP contribution in [0.4, 0.5) is 5.69 Å². The van der Waals surface area contributed by atoms with Crippen LogP contribution in [0, 0.1) is 13.8 Å². The van der Waals surface area contributed by atoms with Gasteiger partial charge in [0.1, 0.15) is 17.0 Å². The van der Waals surface area contributed by atoms with Crippen LogP contribution in [0.3, 0.4) is 0 Å². The van der Waals surface area contributed by atoms with Crippen molar-refractivity contribution in [1.29, 1.82) is 0 Å². The number of methoxy groups -OCH3 is 2. The molecule has 9 nitrogen and oxygen atoms in total. The summed E-state index contributed by atoms with van der Waals surface area (Å²) in [7, 11) is 3.12. The molecule has 35 heavy (non-hydrogen) atoms. The van der Waals surface area contributed by atoms with E-state index in [2.05, 4.69) is 47.6 Å². The highest BCUT2D eigenvalue weighted by molar-refractivity contribution is 7.99. The summed E-state index contributed by atoms with van der Waals surface area (Å²) in [5.41, 5.74) is 6.40. The summed E-state index contributed by atoms with van der Waals surface area (Å²) in [6, 6.07) is 13.6. The molecule has 0 aliphatic rings. The van der Waals surface area contributed by atoms with Crippen LogP contribution in [0.15, 0.2) is 60.0 Å². The zero-order chi connectivity index (χ0) is 24.5. The summed E-state index contributed by atoms with van der Waals surface area (Å²) in [4.78, 5) is 12.6. The Morgan fingerprint density at radius 3 is 2.69 bits per heavy atom. The van der Waals surface area contributed by atoms with E-state index < -0.39 is 0 Å². The summed E-state index contributed by atoms with van der Waals surface area (Å²) in [5, 5.41) is 16.9. The van der Waals surface area contributed by atoms with Gasteiger partial charge in [-0.15, -0.1) is 10.2 Å². The number of nitrogens with one attached hydrogen (secondary N) is 1. The number of hydrogen-bond donors (Lipinski definition) is 1. The van der Waals surface area contributed by atoms with Crippen LogP contribution in [-0.2, 0) is 4.79 Å². The molecule has 5 aromatic rings. The van der Waals surface area contributed by atoms with Crippen LogP contribution in [0.1, 0.15) is 11.1 Å². The summed E-state index contributed by atoms with van der Waals surface area (Å²) in [6.45, 7) is 4.15. The number of amides is 1. The average Bonchev–Trinajstić information content (AvgIpc) is 3.48. The van der Waals surface area contributed by atoms with Gasteiger partial charge in [-0.3, -0.25) is 9.20 Å². The third kappa shape index (κ3) is 4.40. The van der Waals surface area contributed by atoms with E-state index in [9.17, 15) is 4.79 Å². The van der Waals surface area contributed by atoms with E-state index in [4.69, 9.17) is 14.6 Å². The van der Waals surface area contributed by atoms with E-state index in [0.717, 1.165) is 22.3 Å². The van der Waals surface area contributed by atoms with Crippen LogP contribution in [0.2, 0.25) is 0 Å². The molecule has 0 atom stereocenters. The van der Waals surface area contributed by atoms with Crippen molar-refractivity contribution >= 4 is 34.5 Å². The molecule has 0 saturated heterocycles. The van der Waals surface area contributed by atoms with Crippen molar-refractivity contribution in [2.75, 3.05) is 25.3 Å². The van der Waals surface area contributed by atoms with E-state index in [1.807, 2.05) is 22.9 Å². The number of ether oxygens (including phenoxy) is 2. The molecule has 0 bridgehead atoms. The Kier molecular flexibility index (Phi) is 6.04. The van der Waals surface area contributed by atoms with Crippen molar-refractivity contribution in [3.8, 4) is 22.8 Å². The monoisotopic (exact) mass is 488 g/mol. The van der Waals surface area contributed by atoms with Crippen LogP contribution in [0.25, 0.3) is 22.4 Å². The lowest BCUT2D eigenvalue weighted by Gasteiger charge is -2.11. The number of hydrogen-bond acceptors (Lipinski definition) is 7. The molecule has 178 valence electrons. The Hall–Kier alpha value is -4.05. The Morgan fingerprint density at radius 2 is 1.89 bits per heavy atom. The van der Waals surface area contributed by atoms with E-state index >= 15 is 0 Å². The number of rotatable bonds is 7. The van der Waals surface area contributed by atoms with Crippen molar-refractivity contribution in [2.24, 2.45) is 0 Å². The van der Waals surface area contributed by atoms with Crippen LogP contribution >= 0.6 is 11.8 Å². The fourth-order valence-corrected chi connectivity index (χ4v) is 4.57. The molecule has 1 N–H and O–H groups in total. The highest BCUT2D eigenvalue weighted by Gasteiger charge is 2.16. The molecule has 0 aliphatic carbocycles. The zero-order valence-electron chi connectivity index (χ0n) is 19.8. The van der Waals surface area contributed by atoms with Crippen molar-refractivity contribution in [1.82, 2.24) is 24.2 Å². The standard InChI is InChI=1S/C25H24N6O3S/c1-15-5-6-16(2)18(11-15)20-13-21-24-27-28-25(30(24)9-10-31(21)29-20)35-14-23(32)26-19-8-7-17(33-3)12-22(19)34-4/h5-13H,14H2,1-4H3,(H,26,32). The average molecular weight is 489 g/mol. The molecule has 0 unspecified atom stereocenters. The lowest BCUT2D eigenvalue weighted by molar-refractivity contribution is -0.113. The number of carbonyl (C=O) groups is 1. The van der Waals surface area contributed by atoms with Gasteiger partial charge in [-0.2, -0.15) is 5.10 Å². The summed E-state index contributed by atoms with van der Waals surface area (Å²) in [5.74, 6) is 1.15. The van der Waals surface area contributed by atoms with Crippen LogP contribution in [-0.4, -0.2) is 50.1 Å². The fraction of sp³-hybridized carbons (Fsp3) is 0.200. The zero-order valence-corrected chi connectivity index (χ0v) is 20.6. The van der Waals surface area contributed by atoms with Gasteiger partial charge < -0.3 is 14.8 Å². The topological polar surface area (TPSA) is 95.0 Å². The number of benzene rings is 2. The Labute approximate surface area is 206 Å². The van der Waals surface area contributed by atoms with Gasteiger partial charge in [-0.1, -0.05) is 29.5 Å². The second-order valence-corrected chi connectivity index (χ2v) is 9.00. The quantitative estimate of drug-likeness (QED) is 0.339. The molecular weight excluding hydrogens is 464 g/mol. The van der Waals surface area contributed by atoms with Crippen molar-refractivity contribution < 1.29 is 14.3 Å². The maximum absolute atomic E-state index is 12.6. The van der Waals surface area contributed by atoms with Gasteiger partial charge in [0.25, 0.3) is 0 Å². The number of nitrogens with zero attached hydrogens (tertiary/aromatic N) is 5. The van der Waals surface area contributed by atoms with E-state index in [0.29, 0.717) is 28.0 Å². The molecule has 0 fully saturated rings. The highest BCUT2D eigenvalue weighted by Crippen LogP contribution is 2.30. The molecule has 3 aromatic heterocycles. The maximum atomic E-state index is 12.6. The van der Waals surface area contributed by atoms with Gasteiger partial charge >= 0.3 is 0 Å². The molecule has 3 heterocycles. The van der Waals surface area contributed by atoms with Crippen LogP contribution in [0.5, 0.6) is 11.5 Å². The molecular formula is C25H24N6O3S. The predicted octanol–water partition coefficient (Wildman–Crippen LogP) is 4.41. The number of anilines is 1. The van der Waals surface area contributed by atoms with Gasteiger partial charge in [-0.25, -0.2) is 4.52 Å². The molecule has 2 aromatic carbocycles. The molecule has 5 rings (SSSR count). The predicted molar refractivity (Wildman–Crippen MR) is 136 cm³/mol. The Morgan fingerprint density at radius 1 is 1.03 bits per heavy atom. The Bertz CT molecular complexity index is 1560. The minimum absolute atomic E-state index is 0.161.